The fraction of sp³-hybridized carbons (Fsp3) is 0.250. The van der Waals surface area contributed by atoms with Crippen LogP contribution in [-0.4, -0.2) is 16.9 Å². The zero-order chi connectivity index (χ0) is 14.2. The number of ether oxygens (including phenoxy) is 1. The molecule has 0 radical (unpaired) electrons. The summed E-state index contributed by atoms with van der Waals surface area (Å²) in [4.78, 5) is 0. The first-order valence-corrected chi connectivity index (χ1v) is 5.39. The molecule has 4 nitrogen and oxygen atoms in total. The van der Waals surface area contributed by atoms with Gasteiger partial charge in [0.2, 0.25) is 0 Å². The Hall–Kier alpha value is -2.18. The summed E-state index contributed by atoms with van der Waals surface area (Å²) in [6, 6.07) is 3.30. The van der Waals surface area contributed by atoms with Crippen molar-refractivity contribution in [3.8, 4) is 17.0 Å². The molecule has 0 amide bonds. The monoisotopic (exact) mass is 271 g/mol. The van der Waals surface area contributed by atoms with Crippen molar-refractivity contribution >= 4 is 5.82 Å². The van der Waals surface area contributed by atoms with Crippen molar-refractivity contribution < 1.29 is 17.9 Å². The largest absolute Gasteiger partial charge is 0.496 e. The van der Waals surface area contributed by atoms with E-state index >= 15 is 0 Å². The first-order valence-electron chi connectivity index (χ1n) is 5.39. The van der Waals surface area contributed by atoms with Gasteiger partial charge in [-0.1, -0.05) is 0 Å². The van der Waals surface area contributed by atoms with Gasteiger partial charge in [-0.3, -0.25) is 4.68 Å². The number of rotatable bonds is 3. The van der Waals surface area contributed by atoms with Gasteiger partial charge in [-0.15, -0.1) is 0 Å². The Morgan fingerprint density at radius 1 is 1.32 bits per heavy atom. The van der Waals surface area contributed by atoms with Crippen LogP contribution in [0.5, 0.6) is 5.75 Å². The maximum atomic E-state index is 13.4. The molecule has 1 aromatic heterocycles. The molecule has 0 unspecified atom stereocenters. The number of benzene rings is 1. The molecule has 1 heterocycles. The Morgan fingerprint density at radius 3 is 2.47 bits per heavy atom. The molecule has 0 aliphatic heterocycles. The van der Waals surface area contributed by atoms with E-state index in [9.17, 15) is 13.2 Å². The number of nitrogens with zero attached hydrogens (tertiary/aromatic N) is 2. The first kappa shape index (κ1) is 13.3. The van der Waals surface area contributed by atoms with Crippen molar-refractivity contribution in [1.82, 2.24) is 9.78 Å². The number of methoxy groups -OCH3 is 1. The van der Waals surface area contributed by atoms with E-state index in [4.69, 9.17) is 10.5 Å². The normalized spacial score (nSPS) is 11.1. The standard InChI is InChI=1S/C12H12F3N3O/c1-18-10(16)5-9(17-18)7-3-6(13)4-8(12(14)15)11(7)19-2/h3-5,12H,16H2,1-2H3. The van der Waals surface area contributed by atoms with E-state index in [-0.39, 0.29) is 17.0 Å². The van der Waals surface area contributed by atoms with Crippen LogP contribution in [0.25, 0.3) is 11.3 Å². The van der Waals surface area contributed by atoms with Crippen LogP contribution >= 0.6 is 0 Å². The minimum absolute atomic E-state index is 0.102. The zero-order valence-electron chi connectivity index (χ0n) is 10.3. The number of anilines is 1. The van der Waals surface area contributed by atoms with Crippen molar-refractivity contribution in [2.45, 2.75) is 6.43 Å². The van der Waals surface area contributed by atoms with Gasteiger partial charge in [0.25, 0.3) is 6.43 Å². The van der Waals surface area contributed by atoms with Gasteiger partial charge in [0.1, 0.15) is 17.4 Å². The summed E-state index contributed by atoms with van der Waals surface area (Å²) in [6.07, 6.45) is -2.84. The van der Waals surface area contributed by atoms with E-state index in [1.54, 1.807) is 7.05 Å². The third-order valence-electron chi connectivity index (χ3n) is 2.71. The van der Waals surface area contributed by atoms with Crippen molar-refractivity contribution in [1.29, 1.82) is 0 Å². The molecular weight excluding hydrogens is 259 g/mol. The molecule has 19 heavy (non-hydrogen) atoms. The van der Waals surface area contributed by atoms with Crippen molar-refractivity contribution in [2.24, 2.45) is 7.05 Å². The number of nitrogens with two attached hydrogens (primary N) is 1. The minimum Gasteiger partial charge on any atom is -0.496 e. The number of aromatic nitrogens is 2. The number of hydrogen-bond acceptors (Lipinski definition) is 3. The second-order valence-electron chi connectivity index (χ2n) is 3.95. The van der Waals surface area contributed by atoms with Crippen LogP contribution in [-0.2, 0) is 7.05 Å². The van der Waals surface area contributed by atoms with E-state index in [0.29, 0.717) is 5.82 Å². The van der Waals surface area contributed by atoms with Crippen molar-refractivity contribution in [2.75, 3.05) is 12.8 Å². The molecule has 0 aliphatic rings. The van der Waals surface area contributed by atoms with Crippen LogP contribution in [0.1, 0.15) is 12.0 Å². The SMILES string of the molecule is COc1c(-c2cc(N)n(C)n2)cc(F)cc1C(F)F. The highest BCUT2D eigenvalue weighted by atomic mass is 19.3. The highest BCUT2D eigenvalue weighted by molar-refractivity contribution is 5.71. The van der Waals surface area contributed by atoms with Crippen LogP contribution < -0.4 is 10.5 Å². The van der Waals surface area contributed by atoms with Gasteiger partial charge in [0.15, 0.2) is 0 Å². The molecule has 0 atom stereocenters. The molecule has 0 spiro atoms. The molecule has 0 fully saturated rings. The van der Waals surface area contributed by atoms with Gasteiger partial charge in [-0.05, 0) is 12.1 Å². The number of aryl methyl sites for hydroxylation is 1. The Labute approximate surface area is 107 Å². The van der Waals surface area contributed by atoms with Gasteiger partial charge < -0.3 is 10.5 Å². The summed E-state index contributed by atoms with van der Waals surface area (Å²) >= 11 is 0. The third-order valence-corrected chi connectivity index (χ3v) is 2.71. The Kier molecular flexibility index (Phi) is 3.37. The van der Waals surface area contributed by atoms with Crippen molar-refractivity contribution in [3.63, 3.8) is 0 Å². The van der Waals surface area contributed by atoms with Crippen LogP contribution in [0.15, 0.2) is 18.2 Å². The van der Waals surface area contributed by atoms with Crippen molar-refractivity contribution in [3.05, 3.63) is 29.6 Å². The first-order chi connectivity index (χ1) is 8.93. The van der Waals surface area contributed by atoms with E-state index < -0.39 is 17.8 Å². The summed E-state index contributed by atoms with van der Waals surface area (Å²) in [5.74, 6) is -0.551. The molecule has 7 heteroatoms. The van der Waals surface area contributed by atoms with Gasteiger partial charge in [-0.25, -0.2) is 13.2 Å². The number of hydrogen-bond donors (Lipinski definition) is 1. The summed E-state index contributed by atoms with van der Waals surface area (Å²) < 4.78 is 45.5. The lowest BCUT2D eigenvalue weighted by molar-refractivity contribution is 0.146. The van der Waals surface area contributed by atoms with E-state index in [0.717, 1.165) is 12.1 Å². The van der Waals surface area contributed by atoms with Crippen LogP contribution in [0.2, 0.25) is 0 Å². The summed E-state index contributed by atoms with van der Waals surface area (Å²) in [5.41, 5.74) is 5.53. The topological polar surface area (TPSA) is 53.1 Å². The fourth-order valence-electron chi connectivity index (χ4n) is 1.81. The molecule has 1 aromatic carbocycles. The molecule has 2 N–H and O–H groups in total. The van der Waals surface area contributed by atoms with Gasteiger partial charge >= 0.3 is 0 Å². The molecule has 102 valence electrons. The summed E-state index contributed by atoms with van der Waals surface area (Å²) in [7, 11) is 2.84. The Morgan fingerprint density at radius 2 is 2.00 bits per heavy atom. The van der Waals surface area contributed by atoms with Crippen LogP contribution in [0, 0.1) is 5.82 Å². The smallest absolute Gasteiger partial charge is 0.267 e. The van der Waals surface area contributed by atoms with E-state index in [2.05, 4.69) is 5.10 Å². The number of nitrogen functional groups attached to an aromatic ring is 1. The average Bonchev–Trinajstić information content (AvgIpc) is 2.68. The molecule has 2 rings (SSSR count). The van der Waals surface area contributed by atoms with Crippen LogP contribution in [0.3, 0.4) is 0 Å². The average molecular weight is 271 g/mol. The number of alkyl halides is 2. The molecule has 0 aliphatic carbocycles. The number of halogens is 3. The molecule has 0 saturated carbocycles. The highest BCUT2D eigenvalue weighted by Crippen LogP contribution is 2.38. The third kappa shape index (κ3) is 2.35. The Bertz CT molecular complexity index is 591. The van der Waals surface area contributed by atoms with Gasteiger partial charge in [0.05, 0.1) is 18.4 Å². The quantitative estimate of drug-likeness (QED) is 0.933. The molecule has 0 bridgehead atoms. The maximum absolute atomic E-state index is 13.4. The second kappa shape index (κ2) is 4.83. The fourth-order valence-corrected chi connectivity index (χ4v) is 1.81. The summed E-state index contributed by atoms with van der Waals surface area (Å²) in [6.45, 7) is 0. The van der Waals surface area contributed by atoms with Gasteiger partial charge in [-0.2, -0.15) is 5.10 Å². The minimum atomic E-state index is -2.84. The van der Waals surface area contributed by atoms with Gasteiger partial charge in [0, 0.05) is 18.7 Å². The lowest BCUT2D eigenvalue weighted by atomic mass is 10.1. The predicted octanol–water partition coefficient (Wildman–Crippen LogP) is 2.75. The van der Waals surface area contributed by atoms with Crippen LogP contribution in [0.4, 0.5) is 19.0 Å². The Balaban J connectivity index is 2.68. The maximum Gasteiger partial charge on any atom is 0.267 e. The second-order valence-corrected chi connectivity index (χ2v) is 3.95. The zero-order valence-corrected chi connectivity index (χ0v) is 10.3. The predicted molar refractivity (Wildman–Crippen MR) is 64.5 cm³/mol. The molecular formula is C12H12F3N3O. The lowest BCUT2D eigenvalue weighted by Crippen LogP contribution is -1.99. The van der Waals surface area contributed by atoms with E-state index in [1.165, 1.54) is 17.9 Å². The molecule has 0 saturated heterocycles. The molecule has 2 aromatic rings. The lowest BCUT2D eigenvalue weighted by Gasteiger charge is -2.12. The van der Waals surface area contributed by atoms with E-state index in [1.807, 2.05) is 0 Å². The summed E-state index contributed by atoms with van der Waals surface area (Å²) in [5, 5.41) is 4.03. The highest BCUT2D eigenvalue weighted by Gasteiger charge is 2.21.